The number of hydrogen-bond acceptors (Lipinski definition) is 5. The summed E-state index contributed by atoms with van der Waals surface area (Å²) in [5, 5.41) is 11.1. The topological polar surface area (TPSA) is 78.2 Å². The standard InChI is InChI=1S/C13H11Cl2N3O3/c1-3-11-16-12(15)7(2)13(17-11)21-10-5-4-8(18(19)20)6-9(10)14/h4-6H,3H2,1-2H3. The van der Waals surface area contributed by atoms with Gasteiger partial charge in [-0.05, 0) is 13.0 Å². The smallest absolute Gasteiger partial charge is 0.271 e. The van der Waals surface area contributed by atoms with E-state index in [0.717, 1.165) is 0 Å². The molecule has 6 nitrogen and oxygen atoms in total. The number of aromatic nitrogens is 2. The summed E-state index contributed by atoms with van der Waals surface area (Å²) < 4.78 is 5.61. The van der Waals surface area contributed by atoms with Crippen molar-refractivity contribution in [2.75, 3.05) is 0 Å². The first-order valence-corrected chi connectivity index (χ1v) is 6.82. The number of nitro benzene ring substituents is 1. The molecule has 0 bridgehead atoms. The Hall–Kier alpha value is -1.92. The molecule has 0 atom stereocenters. The predicted molar refractivity (Wildman–Crippen MR) is 79.3 cm³/mol. The highest BCUT2D eigenvalue weighted by Gasteiger charge is 2.15. The molecule has 2 rings (SSSR count). The maximum absolute atomic E-state index is 10.7. The Morgan fingerprint density at radius 2 is 2.05 bits per heavy atom. The number of hydrogen-bond donors (Lipinski definition) is 0. The largest absolute Gasteiger partial charge is 0.437 e. The molecular weight excluding hydrogens is 317 g/mol. The predicted octanol–water partition coefficient (Wildman–Crippen LogP) is 4.35. The second-order valence-corrected chi connectivity index (χ2v) is 4.95. The molecule has 1 aromatic carbocycles. The van der Waals surface area contributed by atoms with Gasteiger partial charge in [0.1, 0.15) is 16.7 Å². The van der Waals surface area contributed by atoms with Gasteiger partial charge in [0, 0.05) is 24.1 Å². The zero-order valence-corrected chi connectivity index (χ0v) is 12.8. The molecule has 0 amide bonds. The van der Waals surface area contributed by atoms with Crippen LogP contribution in [0.4, 0.5) is 5.69 Å². The van der Waals surface area contributed by atoms with Gasteiger partial charge in [-0.2, -0.15) is 4.98 Å². The summed E-state index contributed by atoms with van der Waals surface area (Å²) in [6.07, 6.45) is 0.602. The molecule has 0 saturated carbocycles. The highest BCUT2D eigenvalue weighted by molar-refractivity contribution is 6.32. The molecule has 0 N–H and O–H groups in total. The average Bonchev–Trinajstić information content (AvgIpc) is 2.45. The van der Waals surface area contributed by atoms with Crippen LogP contribution in [-0.2, 0) is 6.42 Å². The van der Waals surface area contributed by atoms with Crippen molar-refractivity contribution in [1.82, 2.24) is 9.97 Å². The number of rotatable bonds is 4. The molecule has 8 heteroatoms. The fourth-order valence-electron chi connectivity index (χ4n) is 1.56. The lowest BCUT2D eigenvalue weighted by atomic mass is 10.3. The molecule has 21 heavy (non-hydrogen) atoms. The number of non-ortho nitro benzene ring substituents is 1. The molecule has 1 aromatic heterocycles. The number of halogens is 2. The Kier molecular flexibility index (Phi) is 4.59. The van der Waals surface area contributed by atoms with E-state index in [2.05, 4.69) is 9.97 Å². The molecule has 110 valence electrons. The van der Waals surface area contributed by atoms with Gasteiger partial charge in [0.15, 0.2) is 0 Å². The Labute approximate surface area is 130 Å². The van der Waals surface area contributed by atoms with Crippen molar-refractivity contribution in [3.05, 3.63) is 49.9 Å². The third-order valence-electron chi connectivity index (χ3n) is 2.74. The van der Waals surface area contributed by atoms with E-state index in [9.17, 15) is 10.1 Å². The molecule has 0 spiro atoms. The minimum absolute atomic E-state index is 0.112. The van der Waals surface area contributed by atoms with Crippen molar-refractivity contribution in [2.45, 2.75) is 20.3 Å². The summed E-state index contributed by atoms with van der Waals surface area (Å²) in [7, 11) is 0. The lowest BCUT2D eigenvalue weighted by molar-refractivity contribution is -0.384. The highest BCUT2D eigenvalue weighted by Crippen LogP contribution is 2.34. The zero-order valence-electron chi connectivity index (χ0n) is 11.3. The molecular formula is C13H11Cl2N3O3. The molecule has 0 unspecified atom stereocenters. The van der Waals surface area contributed by atoms with E-state index in [4.69, 9.17) is 27.9 Å². The molecule has 0 radical (unpaired) electrons. The molecule has 0 aliphatic heterocycles. The lowest BCUT2D eigenvalue weighted by Crippen LogP contribution is -2.00. The molecule has 0 aliphatic carbocycles. The quantitative estimate of drug-likeness (QED) is 0.473. The normalized spacial score (nSPS) is 10.5. The Morgan fingerprint density at radius 1 is 1.33 bits per heavy atom. The number of nitrogens with zero attached hydrogens (tertiary/aromatic N) is 3. The van der Waals surface area contributed by atoms with E-state index in [1.165, 1.54) is 18.2 Å². The van der Waals surface area contributed by atoms with Crippen LogP contribution in [0.5, 0.6) is 11.6 Å². The Morgan fingerprint density at radius 3 is 2.62 bits per heavy atom. The van der Waals surface area contributed by atoms with Gasteiger partial charge in [-0.1, -0.05) is 30.1 Å². The van der Waals surface area contributed by atoms with Gasteiger partial charge in [-0.3, -0.25) is 10.1 Å². The third kappa shape index (κ3) is 3.40. The van der Waals surface area contributed by atoms with Crippen LogP contribution in [0.2, 0.25) is 10.2 Å². The minimum Gasteiger partial charge on any atom is -0.437 e. The van der Waals surface area contributed by atoms with Crippen molar-refractivity contribution >= 4 is 28.9 Å². The van der Waals surface area contributed by atoms with Crippen molar-refractivity contribution in [1.29, 1.82) is 0 Å². The molecule has 0 aliphatic rings. The van der Waals surface area contributed by atoms with Gasteiger partial charge in [0.05, 0.1) is 9.95 Å². The van der Waals surface area contributed by atoms with E-state index in [0.29, 0.717) is 23.0 Å². The van der Waals surface area contributed by atoms with E-state index < -0.39 is 4.92 Å². The summed E-state index contributed by atoms with van der Waals surface area (Å²) in [5.41, 5.74) is 0.460. The van der Waals surface area contributed by atoms with Gasteiger partial charge in [0.2, 0.25) is 5.88 Å². The van der Waals surface area contributed by atoms with Crippen molar-refractivity contribution in [3.8, 4) is 11.6 Å². The van der Waals surface area contributed by atoms with E-state index in [-0.39, 0.29) is 22.3 Å². The van der Waals surface area contributed by atoms with Crippen LogP contribution in [0.3, 0.4) is 0 Å². The second kappa shape index (κ2) is 6.24. The number of aryl methyl sites for hydroxylation is 1. The number of ether oxygens (including phenoxy) is 1. The summed E-state index contributed by atoms with van der Waals surface area (Å²) in [4.78, 5) is 18.5. The minimum atomic E-state index is -0.530. The van der Waals surface area contributed by atoms with Crippen LogP contribution in [0.25, 0.3) is 0 Å². The summed E-state index contributed by atoms with van der Waals surface area (Å²) >= 11 is 12.0. The van der Waals surface area contributed by atoms with Crippen LogP contribution in [0.1, 0.15) is 18.3 Å². The van der Waals surface area contributed by atoms with Gasteiger partial charge in [-0.25, -0.2) is 4.98 Å². The van der Waals surface area contributed by atoms with Crippen molar-refractivity contribution in [2.24, 2.45) is 0 Å². The van der Waals surface area contributed by atoms with Crippen LogP contribution >= 0.6 is 23.2 Å². The van der Waals surface area contributed by atoms with E-state index in [1.54, 1.807) is 6.92 Å². The fraction of sp³-hybridized carbons (Fsp3) is 0.231. The third-order valence-corrected chi connectivity index (χ3v) is 3.40. The number of benzene rings is 1. The molecule has 2 aromatic rings. The van der Waals surface area contributed by atoms with Crippen LogP contribution in [0, 0.1) is 17.0 Å². The Bertz CT molecular complexity index is 707. The average molecular weight is 328 g/mol. The van der Waals surface area contributed by atoms with Gasteiger partial charge < -0.3 is 4.74 Å². The first-order valence-electron chi connectivity index (χ1n) is 6.07. The van der Waals surface area contributed by atoms with Crippen LogP contribution in [-0.4, -0.2) is 14.9 Å². The Balaban J connectivity index is 2.38. The molecule has 0 saturated heterocycles. The second-order valence-electron chi connectivity index (χ2n) is 4.19. The van der Waals surface area contributed by atoms with E-state index >= 15 is 0 Å². The number of nitro groups is 1. The van der Waals surface area contributed by atoms with Gasteiger partial charge in [-0.15, -0.1) is 0 Å². The first kappa shape index (κ1) is 15.5. The molecule has 0 fully saturated rings. The first-order chi connectivity index (χ1) is 9.92. The summed E-state index contributed by atoms with van der Waals surface area (Å²) in [6.45, 7) is 3.61. The maximum Gasteiger partial charge on any atom is 0.271 e. The van der Waals surface area contributed by atoms with Gasteiger partial charge >= 0.3 is 0 Å². The van der Waals surface area contributed by atoms with Crippen LogP contribution in [0.15, 0.2) is 18.2 Å². The maximum atomic E-state index is 10.7. The highest BCUT2D eigenvalue weighted by atomic mass is 35.5. The monoisotopic (exact) mass is 327 g/mol. The van der Waals surface area contributed by atoms with Crippen molar-refractivity contribution < 1.29 is 9.66 Å². The molecule has 1 heterocycles. The van der Waals surface area contributed by atoms with E-state index in [1.807, 2.05) is 6.92 Å². The lowest BCUT2D eigenvalue weighted by Gasteiger charge is -2.10. The zero-order chi connectivity index (χ0) is 15.6. The van der Waals surface area contributed by atoms with Crippen LogP contribution < -0.4 is 4.74 Å². The fourth-order valence-corrected chi connectivity index (χ4v) is 1.95. The SMILES string of the molecule is CCc1nc(Cl)c(C)c(Oc2ccc([N+](=O)[O-])cc2Cl)n1. The van der Waals surface area contributed by atoms with Gasteiger partial charge in [0.25, 0.3) is 5.69 Å². The van der Waals surface area contributed by atoms with Crippen molar-refractivity contribution in [3.63, 3.8) is 0 Å². The summed E-state index contributed by atoms with van der Waals surface area (Å²) in [6, 6.07) is 3.94. The summed E-state index contributed by atoms with van der Waals surface area (Å²) in [5.74, 6) is 1.09.